The fraction of sp³-hybridized carbons (Fsp3) is 0.167. The van der Waals surface area contributed by atoms with Gasteiger partial charge in [0.05, 0.1) is 27.7 Å². The number of aromatic carboxylic acids is 1. The molecular formula is C12H12ClN3O2. The van der Waals surface area contributed by atoms with E-state index in [2.05, 4.69) is 5.10 Å². The Bertz CT molecular complexity index is 634. The molecule has 1 aromatic heterocycles. The Morgan fingerprint density at radius 1 is 1.44 bits per heavy atom. The van der Waals surface area contributed by atoms with E-state index in [4.69, 9.17) is 22.4 Å². The monoisotopic (exact) mass is 265 g/mol. The molecule has 0 bridgehead atoms. The summed E-state index contributed by atoms with van der Waals surface area (Å²) in [4.78, 5) is 11.2. The number of aryl methyl sites for hydroxylation is 1. The van der Waals surface area contributed by atoms with Gasteiger partial charge in [-0.3, -0.25) is 0 Å². The molecular weight excluding hydrogens is 254 g/mol. The van der Waals surface area contributed by atoms with Crippen LogP contribution in [-0.2, 0) is 0 Å². The second kappa shape index (κ2) is 4.34. The van der Waals surface area contributed by atoms with Crippen LogP contribution in [0.2, 0.25) is 5.02 Å². The van der Waals surface area contributed by atoms with Crippen molar-refractivity contribution >= 4 is 23.3 Å². The topological polar surface area (TPSA) is 81.1 Å². The standard InChI is InChI=1S/C12H12ClN3O2/c1-6-11(13)7(2)16(15-6)10-5-8(14)3-4-9(10)12(17)18/h3-5H,14H2,1-2H3,(H,17,18). The lowest BCUT2D eigenvalue weighted by Crippen LogP contribution is -2.08. The van der Waals surface area contributed by atoms with Crippen molar-refractivity contribution in [1.82, 2.24) is 9.78 Å². The number of nitrogen functional groups attached to an aromatic ring is 1. The van der Waals surface area contributed by atoms with Crippen LogP contribution in [0.1, 0.15) is 21.7 Å². The largest absolute Gasteiger partial charge is 0.478 e. The van der Waals surface area contributed by atoms with Gasteiger partial charge in [0, 0.05) is 5.69 Å². The first-order valence-electron chi connectivity index (χ1n) is 5.26. The number of halogens is 1. The first-order valence-corrected chi connectivity index (χ1v) is 5.64. The molecule has 0 aliphatic carbocycles. The van der Waals surface area contributed by atoms with Crippen molar-refractivity contribution in [3.05, 3.63) is 40.2 Å². The molecule has 0 fully saturated rings. The molecule has 6 heteroatoms. The lowest BCUT2D eigenvalue weighted by molar-refractivity contribution is 0.0697. The van der Waals surface area contributed by atoms with Crippen molar-refractivity contribution in [2.75, 3.05) is 5.73 Å². The molecule has 0 aliphatic rings. The molecule has 18 heavy (non-hydrogen) atoms. The Kier molecular flexibility index (Phi) is 3.00. The molecule has 0 amide bonds. The van der Waals surface area contributed by atoms with Crippen molar-refractivity contribution in [2.24, 2.45) is 0 Å². The highest BCUT2D eigenvalue weighted by Crippen LogP contribution is 2.25. The van der Waals surface area contributed by atoms with E-state index in [0.717, 1.165) is 0 Å². The lowest BCUT2D eigenvalue weighted by atomic mass is 10.1. The zero-order chi connectivity index (χ0) is 13.4. The van der Waals surface area contributed by atoms with Gasteiger partial charge in [-0.25, -0.2) is 9.48 Å². The maximum Gasteiger partial charge on any atom is 0.337 e. The van der Waals surface area contributed by atoms with E-state index in [1.165, 1.54) is 10.7 Å². The van der Waals surface area contributed by atoms with Crippen LogP contribution in [-0.4, -0.2) is 20.9 Å². The summed E-state index contributed by atoms with van der Waals surface area (Å²) >= 11 is 6.06. The van der Waals surface area contributed by atoms with Crippen LogP contribution < -0.4 is 5.73 Å². The van der Waals surface area contributed by atoms with Crippen molar-refractivity contribution in [3.63, 3.8) is 0 Å². The predicted molar refractivity (Wildman–Crippen MR) is 69.4 cm³/mol. The Balaban J connectivity index is 2.73. The smallest absolute Gasteiger partial charge is 0.337 e. The summed E-state index contributed by atoms with van der Waals surface area (Å²) in [5.41, 5.74) is 8.04. The summed E-state index contributed by atoms with van der Waals surface area (Å²) in [6.45, 7) is 3.54. The van der Waals surface area contributed by atoms with E-state index in [0.29, 0.717) is 27.8 Å². The van der Waals surface area contributed by atoms with E-state index in [-0.39, 0.29) is 5.56 Å². The number of anilines is 1. The Hall–Kier alpha value is -2.01. The van der Waals surface area contributed by atoms with Gasteiger partial charge in [0.1, 0.15) is 0 Å². The van der Waals surface area contributed by atoms with Crippen molar-refractivity contribution in [3.8, 4) is 5.69 Å². The van der Waals surface area contributed by atoms with Crippen LogP contribution in [0.4, 0.5) is 5.69 Å². The molecule has 94 valence electrons. The molecule has 0 atom stereocenters. The van der Waals surface area contributed by atoms with Crippen LogP contribution in [0.5, 0.6) is 0 Å². The van der Waals surface area contributed by atoms with E-state index in [1.807, 2.05) is 0 Å². The minimum atomic E-state index is -1.03. The molecule has 0 saturated heterocycles. The number of nitrogens with two attached hydrogens (primary N) is 1. The molecule has 0 unspecified atom stereocenters. The highest BCUT2D eigenvalue weighted by Gasteiger charge is 2.17. The first-order chi connectivity index (χ1) is 8.41. The summed E-state index contributed by atoms with van der Waals surface area (Å²) in [5, 5.41) is 13.9. The minimum absolute atomic E-state index is 0.131. The second-order valence-corrected chi connectivity index (χ2v) is 4.36. The molecule has 0 spiro atoms. The molecule has 1 aromatic carbocycles. The summed E-state index contributed by atoms with van der Waals surface area (Å²) in [6.07, 6.45) is 0. The summed E-state index contributed by atoms with van der Waals surface area (Å²) in [5.74, 6) is -1.03. The Morgan fingerprint density at radius 2 is 2.11 bits per heavy atom. The molecule has 1 heterocycles. The third-order valence-corrected chi connectivity index (χ3v) is 3.23. The number of rotatable bonds is 2. The molecule has 3 N–H and O–H groups in total. The molecule has 0 aliphatic heterocycles. The quantitative estimate of drug-likeness (QED) is 0.817. The number of hydrogen-bond acceptors (Lipinski definition) is 3. The molecule has 0 radical (unpaired) electrons. The average molecular weight is 266 g/mol. The summed E-state index contributed by atoms with van der Waals surface area (Å²) in [7, 11) is 0. The van der Waals surface area contributed by atoms with Crippen LogP contribution in [0.3, 0.4) is 0 Å². The van der Waals surface area contributed by atoms with Gasteiger partial charge in [0.25, 0.3) is 0 Å². The second-order valence-electron chi connectivity index (χ2n) is 3.98. The number of aromatic nitrogens is 2. The highest BCUT2D eigenvalue weighted by molar-refractivity contribution is 6.31. The van der Waals surface area contributed by atoms with E-state index < -0.39 is 5.97 Å². The number of nitrogens with zero attached hydrogens (tertiary/aromatic N) is 2. The predicted octanol–water partition coefficient (Wildman–Crippen LogP) is 2.42. The zero-order valence-electron chi connectivity index (χ0n) is 9.94. The van der Waals surface area contributed by atoms with Crippen molar-refractivity contribution in [1.29, 1.82) is 0 Å². The van der Waals surface area contributed by atoms with Gasteiger partial charge in [-0.05, 0) is 32.0 Å². The first kappa shape index (κ1) is 12.4. The van der Waals surface area contributed by atoms with Gasteiger partial charge in [0.2, 0.25) is 0 Å². The normalized spacial score (nSPS) is 10.6. The van der Waals surface area contributed by atoms with Crippen molar-refractivity contribution < 1.29 is 9.90 Å². The lowest BCUT2D eigenvalue weighted by Gasteiger charge is -2.09. The third-order valence-electron chi connectivity index (χ3n) is 2.68. The van der Waals surface area contributed by atoms with Gasteiger partial charge in [-0.1, -0.05) is 11.6 Å². The Labute approximate surface area is 109 Å². The maximum atomic E-state index is 11.2. The van der Waals surface area contributed by atoms with Gasteiger partial charge in [-0.2, -0.15) is 5.10 Å². The number of carbonyl (C=O) groups is 1. The van der Waals surface area contributed by atoms with E-state index in [1.54, 1.807) is 26.0 Å². The average Bonchev–Trinajstić information content (AvgIpc) is 2.56. The fourth-order valence-electron chi connectivity index (χ4n) is 1.76. The van der Waals surface area contributed by atoms with Gasteiger partial charge < -0.3 is 10.8 Å². The fourth-order valence-corrected chi connectivity index (χ4v) is 1.88. The SMILES string of the molecule is Cc1nn(-c2cc(N)ccc2C(=O)O)c(C)c1Cl. The van der Waals surface area contributed by atoms with Crippen LogP contribution in [0, 0.1) is 13.8 Å². The minimum Gasteiger partial charge on any atom is -0.478 e. The maximum absolute atomic E-state index is 11.2. The van der Waals surface area contributed by atoms with Crippen LogP contribution in [0.15, 0.2) is 18.2 Å². The number of carboxylic acid groups (broad SMARTS) is 1. The molecule has 2 aromatic rings. The number of hydrogen-bond donors (Lipinski definition) is 2. The van der Waals surface area contributed by atoms with Crippen molar-refractivity contribution in [2.45, 2.75) is 13.8 Å². The number of carboxylic acids is 1. The van der Waals surface area contributed by atoms with E-state index in [9.17, 15) is 4.79 Å². The molecule has 2 rings (SSSR count). The number of benzene rings is 1. The molecule has 5 nitrogen and oxygen atoms in total. The third kappa shape index (κ3) is 1.93. The van der Waals surface area contributed by atoms with Gasteiger partial charge in [-0.15, -0.1) is 0 Å². The van der Waals surface area contributed by atoms with Gasteiger partial charge in [0.15, 0.2) is 0 Å². The Morgan fingerprint density at radius 3 is 2.61 bits per heavy atom. The summed E-state index contributed by atoms with van der Waals surface area (Å²) in [6, 6.07) is 4.57. The zero-order valence-corrected chi connectivity index (χ0v) is 10.7. The van der Waals surface area contributed by atoms with Crippen LogP contribution in [0.25, 0.3) is 5.69 Å². The molecule has 0 saturated carbocycles. The highest BCUT2D eigenvalue weighted by atomic mass is 35.5. The van der Waals surface area contributed by atoms with Gasteiger partial charge >= 0.3 is 5.97 Å². The summed E-state index contributed by atoms with van der Waals surface area (Å²) < 4.78 is 1.50. The van der Waals surface area contributed by atoms with Crippen LogP contribution >= 0.6 is 11.6 Å². The van der Waals surface area contributed by atoms with E-state index >= 15 is 0 Å².